The van der Waals surface area contributed by atoms with Crippen LogP contribution in [0.15, 0.2) is 24.3 Å². The number of rotatable bonds is 4. The molecule has 0 aliphatic heterocycles. The van der Waals surface area contributed by atoms with Gasteiger partial charge in [-0.05, 0) is 77.0 Å². The molecule has 0 spiro atoms. The Bertz CT molecular complexity index is 828. The van der Waals surface area contributed by atoms with Crippen LogP contribution in [0.25, 0.3) is 0 Å². The zero-order chi connectivity index (χ0) is 21.6. The third-order valence-electron chi connectivity index (χ3n) is 6.31. The molecule has 2 N–H and O–H groups in total. The van der Waals surface area contributed by atoms with Gasteiger partial charge >= 0.3 is 0 Å². The van der Waals surface area contributed by atoms with Gasteiger partial charge in [-0.25, -0.2) is 4.68 Å². The summed E-state index contributed by atoms with van der Waals surface area (Å²) in [6, 6.07) is 0. The second-order valence-electron chi connectivity index (χ2n) is 8.64. The van der Waals surface area contributed by atoms with Crippen molar-refractivity contribution in [3.63, 3.8) is 0 Å². The van der Waals surface area contributed by atoms with Crippen molar-refractivity contribution in [3.8, 4) is 0 Å². The largest absolute Gasteiger partial charge is 0.382 e. The fourth-order valence-corrected chi connectivity index (χ4v) is 4.38. The van der Waals surface area contributed by atoms with Crippen LogP contribution in [0.2, 0.25) is 0 Å². The summed E-state index contributed by atoms with van der Waals surface area (Å²) in [6.07, 6.45) is 15.6. The van der Waals surface area contributed by atoms with Gasteiger partial charge in [-0.2, -0.15) is 0 Å². The van der Waals surface area contributed by atoms with Crippen LogP contribution >= 0.6 is 0 Å². The smallest absolute Gasteiger partial charge is 0.216 e. The van der Waals surface area contributed by atoms with Gasteiger partial charge in [0.25, 0.3) is 0 Å². The van der Waals surface area contributed by atoms with Crippen LogP contribution in [0, 0.1) is 0 Å². The zero-order valence-corrected chi connectivity index (χ0v) is 17.8. The van der Waals surface area contributed by atoms with E-state index in [1.165, 1.54) is 4.68 Å². The number of hydrogen-bond donors (Lipinski definition) is 2. The lowest BCUT2D eigenvalue weighted by Gasteiger charge is -2.28. The van der Waals surface area contributed by atoms with Gasteiger partial charge in [-0.1, -0.05) is 29.5 Å². The molecule has 0 aromatic carbocycles. The summed E-state index contributed by atoms with van der Waals surface area (Å²) in [5.41, 5.74) is -3.28. The summed E-state index contributed by atoms with van der Waals surface area (Å²) in [4.78, 5) is 26.8. The van der Waals surface area contributed by atoms with Crippen LogP contribution in [0.3, 0.4) is 0 Å². The van der Waals surface area contributed by atoms with E-state index in [9.17, 15) is 19.8 Å². The van der Waals surface area contributed by atoms with E-state index < -0.39 is 22.8 Å². The lowest BCUT2D eigenvalue weighted by atomic mass is 9.82. The van der Waals surface area contributed by atoms with Crippen molar-refractivity contribution in [3.05, 3.63) is 35.7 Å². The molecule has 0 saturated carbocycles. The van der Waals surface area contributed by atoms with Crippen molar-refractivity contribution in [1.82, 2.24) is 15.0 Å². The van der Waals surface area contributed by atoms with Crippen LogP contribution in [0.4, 0.5) is 0 Å². The minimum Gasteiger partial charge on any atom is -0.382 e. The SMILES string of the molecule is Cn1nnc(C(=O)C2(O)CCC=CCCCC2)c1C(=O)C1(O)CCC=CCCCC1. The van der Waals surface area contributed by atoms with Gasteiger partial charge in [-0.3, -0.25) is 9.59 Å². The Hall–Kier alpha value is -2.12. The van der Waals surface area contributed by atoms with Crippen molar-refractivity contribution in [2.24, 2.45) is 7.05 Å². The van der Waals surface area contributed by atoms with Gasteiger partial charge < -0.3 is 10.2 Å². The predicted octanol–water partition coefficient (Wildman–Crippen LogP) is 3.46. The summed E-state index contributed by atoms with van der Waals surface area (Å²) < 4.78 is 1.26. The standard InChI is InChI=1S/C23H33N3O4/c1-26-19(21(28)23(30)16-12-8-4-5-9-13-17-23)18(24-25-26)20(27)22(29)14-10-6-2-3-7-11-15-22/h2,4,6,8,29-30H,3,5,7,9-17H2,1H3. The van der Waals surface area contributed by atoms with E-state index in [4.69, 9.17) is 0 Å². The molecule has 0 amide bonds. The number of allylic oxidation sites excluding steroid dienone is 4. The summed E-state index contributed by atoms with van der Waals surface area (Å²) in [7, 11) is 1.55. The highest BCUT2D eigenvalue weighted by molar-refractivity contribution is 6.12. The third kappa shape index (κ3) is 4.95. The predicted molar refractivity (Wildman–Crippen MR) is 113 cm³/mol. The summed E-state index contributed by atoms with van der Waals surface area (Å²) in [6.45, 7) is 0. The molecule has 0 radical (unpaired) electrons. The molecule has 1 aromatic rings. The van der Waals surface area contributed by atoms with E-state index in [0.29, 0.717) is 32.1 Å². The topological polar surface area (TPSA) is 105 Å². The van der Waals surface area contributed by atoms with E-state index in [1.807, 2.05) is 12.2 Å². The molecule has 2 aliphatic carbocycles. The Morgan fingerprint density at radius 3 is 1.87 bits per heavy atom. The van der Waals surface area contributed by atoms with Crippen LogP contribution in [0.5, 0.6) is 0 Å². The quantitative estimate of drug-likeness (QED) is 0.576. The maximum absolute atomic E-state index is 13.5. The number of Topliss-reactive ketones (excluding diaryl/α,β-unsaturated/α-hetero) is 2. The number of carbonyl (C=O) groups excluding carboxylic acids is 2. The number of ketones is 2. The van der Waals surface area contributed by atoms with Crippen LogP contribution in [0.1, 0.15) is 98.0 Å². The molecular formula is C23H33N3O4. The monoisotopic (exact) mass is 415 g/mol. The van der Waals surface area contributed by atoms with E-state index >= 15 is 0 Å². The Labute approximate surface area is 177 Å². The lowest BCUT2D eigenvalue weighted by molar-refractivity contribution is 0.0183. The molecule has 1 heterocycles. The molecule has 2 unspecified atom stereocenters. The Balaban J connectivity index is 1.91. The van der Waals surface area contributed by atoms with E-state index in [0.717, 1.165) is 32.1 Å². The fourth-order valence-electron chi connectivity index (χ4n) is 4.38. The Morgan fingerprint density at radius 1 is 0.800 bits per heavy atom. The average Bonchev–Trinajstić information content (AvgIpc) is 3.18. The molecule has 7 nitrogen and oxygen atoms in total. The first kappa shape index (κ1) is 22.6. The summed E-state index contributed by atoms with van der Waals surface area (Å²) in [5, 5.41) is 30.3. The second-order valence-corrected chi connectivity index (χ2v) is 8.64. The highest BCUT2D eigenvalue weighted by Crippen LogP contribution is 2.31. The maximum atomic E-state index is 13.5. The van der Waals surface area contributed by atoms with Crippen molar-refractivity contribution in [2.45, 2.75) is 88.3 Å². The number of hydrogen-bond acceptors (Lipinski definition) is 6. The van der Waals surface area contributed by atoms with Gasteiger partial charge in [-0.15, -0.1) is 5.10 Å². The molecule has 0 fully saturated rings. The highest BCUT2D eigenvalue weighted by Gasteiger charge is 2.44. The Morgan fingerprint density at radius 2 is 1.30 bits per heavy atom. The van der Waals surface area contributed by atoms with E-state index in [1.54, 1.807) is 7.05 Å². The zero-order valence-electron chi connectivity index (χ0n) is 17.8. The first-order valence-corrected chi connectivity index (χ1v) is 11.1. The number of nitrogens with zero attached hydrogens (tertiary/aromatic N) is 3. The minimum absolute atomic E-state index is 0.00503. The normalized spacial score (nSPS) is 28.5. The van der Waals surface area contributed by atoms with Gasteiger partial charge in [0.15, 0.2) is 5.69 Å². The fraction of sp³-hybridized carbons (Fsp3) is 0.652. The number of aryl methyl sites for hydroxylation is 1. The van der Waals surface area contributed by atoms with Gasteiger partial charge in [0.2, 0.25) is 11.6 Å². The van der Waals surface area contributed by atoms with E-state index in [-0.39, 0.29) is 24.2 Å². The van der Waals surface area contributed by atoms with Crippen molar-refractivity contribution in [2.75, 3.05) is 0 Å². The molecule has 0 bridgehead atoms. The molecule has 0 saturated heterocycles. The molecule has 1 aromatic heterocycles. The van der Waals surface area contributed by atoms with Crippen molar-refractivity contribution < 1.29 is 19.8 Å². The molecule has 164 valence electrons. The third-order valence-corrected chi connectivity index (χ3v) is 6.31. The number of aliphatic hydroxyl groups is 2. The first-order valence-electron chi connectivity index (χ1n) is 11.1. The van der Waals surface area contributed by atoms with Crippen LogP contribution < -0.4 is 0 Å². The van der Waals surface area contributed by atoms with Crippen LogP contribution in [-0.4, -0.2) is 48.0 Å². The highest BCUT2D eigenvalue weighted by atomic mass is 16.3. The molecular weight excluding hydrogens is 382 g/mol. The van der Waals surface area contributed by atoms with Crippen molar-refractivity contribution >= 4 is 11.6 Å². The maximum Gasteiger partial charge on any atom is 0.216 e. The van der Waals surface area contributed by atoms with Gasteiger partial charge in [0.05, 0.1) is 0 Å². The van der Waals surface area contributed by atoms with Crippen LogP contribution in [-0.2, 0) is 7.05 Å². The molecule has 30 heavy (non-hydrogen) atoms. The Kier molecular flexibility index (Phi) is 7.36. The average molecular weight is 416 g/mol. The summed E-state index contributed by atoms with van der Waals surface area (Å²) >= 11 is 0. The van der Waals surface area contributed by atoms with Gasteiger partial charge in [0, 0.05) is 7.05 Å². The van der Waals surface area contributed by atoms with E-state index in [2.05, 4.69) is 22.5 Å². The second kappa shape index (κ2) is 9.79. The number of aromatic nitrogens is 3. The first-order chi connectivity index (χ1) is 14.4. The molecule has 7 heteroatoms. The minimum atomic E-state index is -1.58. The molecule has 2 aliphatic rings. The number of carbonyl (C=O) groups is 2. The summed E-state index contributed by atoms with van der Waals surface area (Å²) in [5.74, 6) is -1.10. The lowest BCUT2D eigenvalue weighted by Crippen LogP contribution is -2.43. The molecule has 2 atom stereocenters. The molecule has 3 rings (SSSR count). The van der Waals surface area contributed by atoms with Crippen molar-refractivity contribution in [1.29, 1.82) is 0 Å². The van der Waals surface area contributed by atoms with Gasteiger partial charge in [0.1, 0.15) is 16.9 Å².